The zero-order valence-corrected chi connectivity index (χ0v) is 13.4. The van der Waals surface area contributed by atoms with E-state index in [2.05, 4.69) is 10.3 Å². The van der Waals surface area contributed by atoms with Crippen LogP contribution in [0.2, 0.25) is 5.02 Å². The molecule has 0 bridgehead atoms. The summed E-state index contributed by atoms with van der Waals surface area (Å²) in [6, 6.07) is 5.46. The Hall–Kier alpha value is -2.28. The number of nitrogens with zero attached hydrogens (tertiary/aromatic N) is 1. The number of alkyl halides is 3. The molecule has 1 N–H and O–H groups in total. The fraction of sp³-hybridized carbons (Fsp3) is 0.294. The number of nitrogens with one attached hydrogen (secondary N) is 1. The molecule has 4 nitrogen and oxygen atoms in total. The van der Waals surface area contributed by atoms with E-state index in [0.717, 1.165) is 18.2 Å². The lowest BCUT2D eigenvalue weighted by molar-refractivity contribution is -0.137. The highest BCUT2D eigenvalue weighted by molar-refractivity contribution is 6.32. The van der Waals surface area contributed by atoms with Crippen molar-refractivity contribution in [1.82, 2.24) is 10.3 Å². The number of fused-ring (bicyclic) bond motifs is 1. The summed E-state index contributed by atoms with van der Waals surface area (Å²) in [5.74, 6) is -2.56. The number of hydrogen-bond donors (Lipinski definition) is 1. The van der Waals surface area contributed by atoms with Gasteiger partial charge in [0, 0.05) is 15.9 Å². The number of halogens is 4. The molecule has 2 heterocycles. The van der Waals surface area contributed by atoms with Crippen molar-refractivity contribution in [2.24, 2.45) is 0 Å². The van der Waals surface area contributed by atoms with E-state index in [0.29, 0.717) is 11.4 Å². The van der Waals surface area contributed by atoms with Crippen LogP contribution in [-0.2, 0) is 11.0 Å². The highest BCUT2D eigenvalue weighted by atomic mass is 35.5. The van der Waals surface area contributed by atoms with E-state index in [1.807, 2.05) is 0 Å². The Bertz CT molecular complexity index is 906. The van der Waals surface area contributed by atoms with Crippen molar-refractivity contribution in [1.29, 1.82) is 0 Å². The van der Waals surface area contributed by atoms with E-state index in [4.69, 9.17) is 20.5 Å². The molecule has 0 radical (unpaired) electrons. The third-order valence-electron chi connectivity index (χ3n) is 3.79. The minimum absolute atomic E-state index is 0.0299. The summed E-state index contributed by atoms with van der Waals surface area (Å²) in [5.41, 5.74) is -1.07. The predicted molar refractivity (Wildman–Crippen MR) is 85.5 cm³/mol. The van der Waals surface area contributed by atoms with Gasteiger partial charge < -0.3 is 10.1 Å². The van der Waals surface area contributed by atoms with Crippen LogP contribution in [0.15, 0.2) is 36.5 Å². The Morgan fingerprint density at radius 3 is 2.96 bits per heavy atom. The first-order valence-electron chi connectivity index (χ1n) is 8.74. The maximum atomic E-state index is 13.1. The summed E-state index contributed by atoms with van der Waals surface area (Å²) >= 11 is 5.85. The average Bonchev–Trinajstić information content (AvgIpc) is 2.97. The van der Waals surface area contributed by atoms with E-state index in [1.54, 1.807) is 12.1 Å². The first kappa shape index (κ1) is 13.9. The van der Waals surface area contributed by atoms with Gasteiger partial charge in [0.1, 0.15) is 6.61 Å². The molecule has 0 saturated heterocycles. The van der Waals surface area contributed by atoms with Crippen LogP contribution in [0.25, 0.3) is 0 Å². The third-order valence-corrected chi connectivity index (χ3v) is 4.21. The normalized spacial score (nSPS) is 19.8. The van der Waals surface area contributed by atoms with Gasteiger partial charge in [0.15, 0.2) is 0 Å². The second kappa shape index (κ2) is 6.55. The van der Waals surface area contributed by atoms with Gasteiger partial charge in [-0.05, 0) is 30.6 Å². The molecule has 1 aromatic carbocycles. The van der Waals surface area contributed by atoms with Crippen LogP contribution in [-0.4, -0.2) is 17.5 Å². The van der Waals surface area contributed by atoms with Crippen LogP contribution >= 0.6 is 11.6 Å². The van der Waals surface area contributed by atoms with Crippen molar-refractivity contribution in [3.05, 3.63) is 58.2 Å². The molecular formula is C17H14ClF3N2O2. The molecule has 1 amide bonds. The highest BCUT2D eigenvalue weighted by Crippen LogP contribution is 2.38. The number of hydrogen-bond acceptors (Lipinski definition) is 3. The molecule has 0 fully saturated rings. The number of amides is 1. The molecule has 0 saturated carbocycles. The minimum Gasteiger partial charge on any atom is -0.475 e. The molecule has 0 spiro atoms. The van der Waals surface area contributed by atoms with Crippen molar-refractivity contribution < 1.29 is 26.8 Å². The summed E-state index contributed by atoms with van der Waals surface area (Å²) in [4.78, 5) is 16.8. The van der Waals surface area contributed by atoms with Gasteiger partial charge in [0.25, 0.3) is 0 Å². The molecular weight excluding hydrogens is 357 g/mol. The number of carbonyl (C=O) groups is 1. The van der Waals surface area contributed by atoms with Crippen molar-refractivity contribution in [2.75, 3.05) is 6.61 Å². The molecule has 1 aromatic heterocycles. The summed E-state index contributed by atoms with van der Waals surface area (Å²) in [5, 5.41) is 1.71. The van der Waals surface area contributed by atoms with Gasteiger partial charge in [0.05, 0.1) is 22.5 Å². The van der Waals surface area contributed by atoms with Gasteiger partial charge in [-0.25, -0.2) is 4.98 Å². The molecule has 3 rings (SSSR count). The molecule has 25 heavy (non-hydrogen) atoms. The van der Waals surface area contributed by atoms with Crippen LogP contribution in [0.3, 0.4) is 0 Å². The summed E-state index contributed by atoms with van der Waals surface area (Å²) in [7, 11) is 0. The molecule has 2 aromatic rings. The summed E-state index contributed by atoms with van der Waals surface area (Å²) in [6.45, 7) is -2.89. The number of carbonyl (C=O) groups excluding carboxylic acids is 1. The predicted octanol–water partition coefficient (Wildman–Crippen LogP) is 4.11. The largest absolute Gasteiger partial charge is 0.475 e. The monoisotopic (exact) mass is 373 g/mol. The van der Waals surface area contributed by atoms with E-state index in [9.17, 15) is 18.0 Å². The molecule has 0 aliphatic carbocycles. The first-order chi connectivity index (χ1) is 13.0. The SMILES string of the molecule is [2H]C([2H])([2H])[C@@H](C(=O)N[C@H]1COc2ncccc21)c1cccc(C(F)(F)F)c1Cl. The zero-order valence-electron chi connectivity index (χ0n) is 15.6. The fourth-order valence-corrected chi connectivity index (χ4v) is 2.89. The number of ether oxygens (including phenoxy) is 1. The summed E-state index contributed by atoms with van der Waals surface area (Å²) < 4.78 is 67.8. The standard InChI is InChI=1S/C17H14ClF3N2O2/c1-9(10-4-2-6-12(14(10)18)17(19,20)21)15(24)23-13-8-25-16-11(13)5-3-7-22-16/h2-7,9,13H,8H2,1H3,(H,23,24)/t9-,13+/m1/s1/i1D3. The quantitative estimate of drug-likeness (QED) is 0.881. The third kappa shape index (κ3) is 3.42. The summed E-state index contributed by atoms with van der Waals surface area (Å²) in [6.07, 6.45) is -3.29. The van der Waals surface area contributed by atoms with Crippen LogP contribution in [0.1, 0.15) is 39.6 Å². The molecule has 132 valence electrons. The maximum absolute atomic E-state index is 13.1. The number of rotatable bonds is 3. The molecule has 1 aliphatic heterocycles. The second-order valence-electron chi connectivity index (χ2n) is 5.41. The lowest BCUT2D eigenvalue weighted by Crippen LogP contribution is -2.33. The van der Waals surface area contributed by atoms with Crippen molar-refractivity contribution in [3.8, 4) is 5.88 Å². The van der Waals surface area contributed by atoms with Gasteiger partial charge in [-0.2, -0.15) is 13.2 Å². The Balaban J connectivity index is 1.96. The molecule has 2 atom stereocenters. The number of aromatic nitrogens is 1. The Morgan fingerprint density at radius 2 is 2.24 bits per heavy atom. The van der Waals surface area contributed by atoms with Gasteiger partial charge in [-0.3, -0.25) is 4.79 Å². The van der Waals surface area contributed by atoms with E-state index in [1.165, 1.54) is 6.20 Å². The first-order valence-corrected chi connectivity index (χ1v) is 7.61. The second-order valence-corrected chi connectivity index (χ2v) is 5.79. The minimum atomic E-state index is -4.78. The van der Waals surface area contributed by atoms with Crippen LogP contribution in [0.5, 0.6) is 5.88 Å². The highest BCUT2D eigenvalue weighted by Gasteiger charge is 2.35. The van der Waals surface area contributed by atoms with Gasteiger partial charge in [-0.1, -0.05) is 23.7 Å². The zero-order chi connectivity index (χ0) is 20.7. The topological polar surface area (TPSA) is 51.2 Å². The lowest BCUT2D eigenvalue weighted by Gasteiger charge is -2.19. The van der Waals surface area contributed by atoms with Gasteiger partial charge in [0.2, 0.25) is 11.8 Å². The van der Waals surface area contributed by atoms with Crippen LogP contribution < -0.4 is 10.1 Å². The van der Waals surface area contributed by atoms with E-state index < -0.39 is 47.0 Å². The van der Waals surface area contributed by atoms with Crippen LogP contribution in [0.4, 0.5) is 13.2 Å². The smallest absolute Gasteiger partial charge is 0.417 e. The Kier molecular flexibility index (Phi) is 3.66. The molecule has 8 heteroatoms. The van der Waals surface area contributed by atoms with Crippen molar-refractivity contribution >= 4 is 17.5 Å². The molecule has 0 unspecified atom stereocenters. The van der Waals surface area contributed by atoms with E-state index in [-0.39, 0.29) is 6.61 Å². The van der Waals surface area contributed by atoms with E-state index >= 15 is 0 Å². The van der Waals surface area contributed by atoms with Gasteiger partial charge >= 0.3 is 6.18 Å². The Morgan fingerprint density at radius 1 is 1.44 bits per heavy atom. The maximum Gasteiger partial charge on any atom is 0.417 e. The van der Waals surface area contributed by atoms with Crippen molar-refractivity contribution in [3.63, 3.8) is 0 Å². The lowest BCUT2D eigenvalue weighted by atomic mass is 9.97. The van der Waals surface area contributed by atoms with Gasteiger partial charge in [-0.15, -0.1) is 0 Å². The van der Waals surface area contributed by atoms with Crippen molar-refractivity contribution in [2.45, 2.75) is 25.0 Å². The Labute approximate surface area is 151 Å². The molecule has 1 aliphatic rings. The fourth-order valence-electron chi connectivity index (χ4n) is 2.55. The average molecular weight is 374 g/mol. The number of benzene rings is 1. The van der Waals surface area contributed by atoms with Crippen LogP contribution in [0, 0.1) is 0 Å². The number of pyridine rings is 1.